The minimum absolute atomic E-state index is 0.0636. The van der Waals surface area contributed by atoms with Crippen LogP contribution >= 0.6 is 0 Å². The zero-order chi connectivity index (χ0) is 14.6. The van der Waals surface area contributed by atoms with E-state index in [1.165, 1.54) is 0 Å². The number of benzene rings is 1. The molecular weight excluding hydrogens is 240 g/mol. The van der Waals surface area contributed by atoms with Crippen molar-refractivity contribution in [2.45, 2.75) is 19.8 Å². The number of hydrogen-bond acceptors (Lipinski definition) is 2. The summed E-state index contributed by atoms with van der Waals surface area (Å²) >= 11 is 0. The van der Waals surface area contributed by atoms with Crippen LogP contribution in [-0.2, 0) is 22.4 Å². The summed E-state index contributed by atoms with van der Waals surface area (Å²) in [6.07, 6.45) is 0.749. The quantitative estimate of drug-likeness (QED) is 0.819. The molecule has 104 valence electrons. The number of amides is 2. The van der Waals surface area contributed by atoms with Crippen molar-refractivity contribution < 1.29 is 9.59 Å². The van der Waals surface area contributed by atoms with E-state index in [1.54, 1.807) is 38.0 Å². The van der Waals surface area contributed by atoms with Gasteiger partial charge in [0.2, 0.25) is 11.8 Å². The van der Waals surface area contributed by atoms with Crippen LogP contribution < -0.4 is 0 Å². The number of carbonyl (C=O) groups is 2. The highest BCUT2D eigenvalue weighted by Gasteiger charge is 2.11. The Morgan fingerprint density at radius 2 is 1.47 bits per heavy atom. The fourth-order valence-electron chi connectivity index (χ4n) is 1.68. The van der Waals surface area contributed by atoms with E-state index in [4.69, 9.17) is 0 Å². The Balaban J connectivity index is 2.88. The predicted octanol–water partition coefficient (Wildman–Crippen LogP) is 1.26. The summed E-state index contributed by atoms with van der Waals surface area (Å²) < 4.78 is 0. The van der Waals surface area contributed by atoms with Crippen molar-refractivity contribution in [2.75, 3.05) is 28.2 Å². The maximum absolute atomic E-state index is 11.8. The van der Waals surface area contributed by atoms with Crippen LogP contribution in [0.25, 0.3) is 0 Å². The third-order valence-electron chi connectivity index (χ3n) is 3.11. The van der Waals surface area contributed by atoms with Crippen LogP contribution in [-0.4, -0.2) is 49.8 Å². The Morgan fingerprint density at radius 1 is 0.947 bits per heavy atom. The fraction of sp³-hybridized carbons (Fsp3) is 0.467. The average Bonchev–Trinajstić information content (AvgIpc) is 2.32. The molecule has 0 aromatic heterocycles. The maximum atomic E-state index is 11.8. The molecule has 0 spiro atoms. The van der Waals surface area contributed by atoms with Crippen molar-refractivity contribution in [2.24, 2.45) is 0 Å². The summed E-state index contributed by atoms with van der Waals surface area (Å²) in [5.41, 5.74) is 3.02. The van der Waals surface area contributed by atoms with Crippen LogP contribution in [0, 0.1) is 6.92 Å². The molecule has 0 heterocycles. The van der Waals surface area contributed by atoms with Gasteiger partial charge in [-0.25, -0.2) is 0 Å². The molecule has 1 rings (SSSR count). The third-order valence-corrected chi connectivity index (χ3v) is 3.11. The Hall–Kier alpha value is -1.84. The topological polar surface area (TPSA) is 40.6 Å². The molecular formula is C15H22N2O2. The van der Waals surface area contributed by atoms with Gasteiger partial charge in [0.05, 0.1) is 12.8 Å². The smallest absolute Gasteiger partial charge is 0.226 e. The van der Waals surface area contributed by atoms with Crippen molar-refractivity contribution in [3.05, 3.63) is 34.9 Å². The van der Waals surface area contributed by atoms with Crippen molar-refractivity contribution in [1.82, 2.24) is 9.80 Å². The van der Waals surface area contributed by atoms with Gasteiger partial charge >= 0.3 is 0 Å². The van der Waals surface area contributed by atoms with Gasteiger partial charge in [-0.1, -0.05) is 18.2 Å². The lowest BCUT2D eigenvalue weighted by atomic mass is 10.00. The molecule has 4 heteroatoms. The highest BCUT2D eigenvalue weighted by molar-refractivity contribution is 5.80. The van der Waals surface area contributed by atoms with Gasteiger partial charge in [0, 0.05) is 28.2 Å². The van der Waals surface area contributed by atoms with E-state index >= 15 is 0 Å². The Kier molecular flexibility index (Phi) is 5.10. The van der Waals surface area contributed by atoms with Crippen LogP contribution in [0.4, 0.5) is 0 Å². The lowest BCUT2D eigenvalue weighted by Gasteiger charge is -2.14. The third kappa shape index (κ3) is 4.39. The van der Waals surface area contributed by atoms with Gasteiger partial charge in [-0.2, -0.15) is 0 Å². The van der Waals surface area contributed by atoms with Crippen LogP contribution in [0.1, 0.15) is 16.7 Å². The summed E-state index contributed by atoms with van der Waals surface area (Å²) in [4.78, 5) is 26.6. The fourth-order valence-corrected chi connectivity index (χ4v) is 1.68. The van der Waals surface area contributed by atoms with Gasteiger partial charge in [0.1, 0.15) is 0 Å². The molecule has 0 aliphatic rings. The number of nitrogens with zero attached hydrogens (tertiary/aromatic N) is 2. The van der Waals surface area contributed by atoms with Crippen LogP contribution in [0.5, 0.6) is 0 Å². The normalized spacial score (nSPS) is 10.2. The SMILES string of the molecule is Cc1ccc(CC(=O)N(C)C)cc1CC(=O)N(C)C. The predicted molar refractivity (Wildman–Crippen MR) is 76.0 cm³/mol. The second kappa shape index (κ2) is 6.36. The minimum Gasteiger partial charge on any atom is -0.349 e. The minimum atomic E-state index is 0.0636. The standard InChI is InChI=1S/C15H22N2O2/c1-11-6-7-12(9-14(18)16(2)3)8-13(11)10-15(19)17(4)5/h6-8H,9-10H2,1-5H3. The second-order valence-electron chi connectivity index (χ2n) is 5.19. The van der Waals surface area contributed by atoms with Crippen molar-refractivity contribution >= 4 is 11.8 Å². The number of rotatable bonds is 4. The number of hydrogen-bond donors (Lipinski definition) is 0. The molecule has 0 unspecified atom stereocenters. The van der Waals surface area contributed by atoms with E-state index in [2.05, 4.69) is 0 Å². The van der Waals surface area contributed by atoms with E-state index in [9.17, 15) is 9.59 Å². The molecule has 0 saturated carbocycles. The molecule has 0 saturated heterocycles. The molecule has 4 nitrogen and oxygen atoms in total. The molecule has 1 aromatic carbocycles. The molecule has 2 amide bonds. The van der Waals surface area contributed by atoms with Gasteiger partial charge in [0.15, 0.2) is 0 Å². The van der Waals surface area contributed by atoms with E-state index in [0.29, 0.717) is 12.8 Å². The summed E-state index contributed by atoms with van der Waals surface area (Å²) in [5, 5.41) is 0. The first-order valence-electron chi connectivity index (χ1n) is 6.30. The largest absolute Gasteiger partial charge is 0.349 e. The Labute approximate surface area is 115 Å². The van der Waals surface area contributed by atoms with E-state index in [0.717, 1.165) is 16.7 Å². The molecule has 0 aliphatic heterocycles. The molecule has 1 aromatic rings. The number of aryl methyl sites for hydroxylation is 1. The summed E-state index contributed by atoms with van der Waals surface area (Å²) in [5.74, 6) is 0.132. The van der Waals surface area contributed by atoms with Gasteiger partial charge in [-0.3, -0.25) is 9.59 Å². The molecule has 19 heavy (non-hydrogen) atoms. The summed E-state index contributed by atoms with van der Waals surface area (Å²) in [6, 6.07) is 5.87. The Bertz CT molecular complexity index is 479. The summed E-state index contributed by atoms with van der Waals surface area (Å²) in [7, 11) is 6.98. The highest BCUT2D eigenvalue weighted by atomic mass is 16.2. The maximum Gasteiger partial charge on any atom is 0.226 e. The zero-order valence-corrected chi connectivity index (χ0v) is 12.4. The lowest BCUT2D eigenvalue weighted by Crippen LogP contribution is -2.24. The molecule has 0 atom stereocenters. The average molecular weight is 262 g/mol. The first-order valence-corrected chi connectivity index (χ1v) is 6.30. The number of likely N-dealkylation sites (N-methyl/N-ethyl adjacent to an activating group) is 2. The number of carbonyl (C=O) groups excluding carboxylic acids is 2. The van der Waals surface area contributed by atoms with Gasteiger partial charge < -0.3 is 9.80 Å². The van der Waals surface area contributed by atoms with Crippen molar-refractivity contribution in [3.63, 3.8) is 0 Å². The Morgan fingerprint density at radius 3 is 2.00 bits per heavy atom. The molecule has 0 aliphatic carbocycles. The first-order chi connectivity index (χ1) is 8.81. The van der Waals surface area contributed by atoms with Crippen LogP contribution in [0.3, 0.4) is 0 Å². The van der Waals surface area contributed by atoms with Crippen molar-refractivity contribution in [1.29, 1.82) is 0 Å². The molecule has 0 fully saturated rings. The van der Waals surface area contributed by atoms with Gasteiger partial charge in [0.25, 0.3) is 0 Å². The lowest BCUT2D eigenvalue weighted by molar-refractivity contribution is -0.128. The van der Waals surface area contributed by atoms with Crippen LogP contribution in [0.15, 0.2) is 18.2 Å². The van der Waals surface area contributed by atoms with E-state index < -0.39 is 0 Å². The van der Waals surface area contributed by atoms with E-state index in [-0.39, 0.29) is 11.8 Å². The van der Waals surface area contributed by atoms with Crippen molar-refractivity contribution in [3.8, 4) is 0 Å². The molecule has 0 radical (unpaired) electrons. The first kappa shape index (κ1) is 15.2. The van der Waals surface area contributed by atoms with E-state index in [1.807, 2.05) is 25.1 Å². The molecule has 0 N–H and O–H groups in total. The zero-order valence-electron chi connectivity index (χ0n) is 12.4. The highest BCUT2D eigenvalue weighted by Crippen LogP contribution is 2.14. The monoisotopic (exact) mass is 262 g/mol. The second-order valence-corrected chi connectivity index (χ2v) is 5.19. The summed E-state index contributed by atoms with van der Waals surface area (Å²) in [6.45, 7) is 1.98. The van der Waals surface area contributed by atoms with Gasteiger partial charge in [-0.05, 0) is 23.6 Å². The van der Waals surface area contributed by atoms with Gasteiger partial charge in [-0.15, -0.1) is 0 Å². The van der Waals surface area contributed by atoms with Crippen LogP contribution in [0.2, 0.25) is 0 Å². The molecule has 0 bridgehead atoms.